The van der Waals surface area contributed by atoms with Gasteiger partial charge >= 0.3 is 11.9 Å². The molecule has 1 aliphatic carbocycles. The van der Waals surface area contributed by atoms with Gasteiger partial charge in [-0.2, -0.15) is 0 Å². The minimum atomic E-state index is -0.439. The molecule has 1 aliphatic rings. The number of carbonyl (C=O) groups is 2. The SMILES string of the molecule is COC(=O)c1ccc2c3c(ccc(C(=O)OC)c13)CC2. The van der Waals surface area contributed by atoms with Crippen molar-refractivity contribution in [2.45, 2.75) is 12.8 Å². The van der Waals surface area contributed by atoms with Gasteiger partial charge in [0, 0.05) is 5.39 Å². The zero-order valence-corrected chi connectivity index (χ0v) is 11.4. The van der Waals surface area contributed by atoms with Crippen LogP contribution in [0.1, 0.15) is 31.8 Å². The van der Waals surface area contributed by atoms with E-state index in [-0.39, 0.29) is 0 Å². The number of benzene rings is 2. The number of ether oxygens (including phenoxy) is 2. The summed E-state index contributed by atoms with van der Waals surface area (Å²) in [4.78, 5) is 23.9. The molecule has 2 aromatic carbocycles. The van der Waals surface area contributed by atoms with Crippen LogP contribution in [-0.4, -0.2) is 26.2 Å². The fourth-order valence-electron chi connectivity index (χ4n) is 2.89. The first-order valence-corrected chi connectivity index (χ1v) is 6.41. The van der Waals surface area contributed by atoms with Crippen molar-refractivity contribution in [3.05, 3.63) is 46.5 Å². The van der Waals surface area contributed by atoms with Crippen LogP contribution < -0.4 is 0 Å². The maximum atomic E-state index is 12.0. The second kappa shape index (κ2) is 4.63. The van der Waals surface area contributed by atoms with Crippen molar-refractivity contribution >= 4 is 22.7 Å². The molecule has 0 amide bonds. The fourth-order valence-corrected chi connectivity index (χ4v) is 2.89. The van der Waals surface area contributed by atoms with Crippen molar-refractivity contribution in [2.75, 3.05) is 14.2 Å². The Kier molecular flexibility index (Phi) is 2.93. The number of aryl methyl sites for hydroxylation is 2. The predicted molar refractivity (Wildman–Crippen MR) is 74.0 cm³/mol. The molecular weight excluding hydrogens is 256 g/mol. The van der Waals surface area contributed by atoms with Crippen molar-refractivity contribution < 1.29 is 19.1 Å². The smallest absolute Gasteiger partial charge is 0.338 e. The standard InChI is InChI=1S/C16H14O4/c1-19-15(17)11-7-5-9-3-4-10-6-8-12(16(18)20-2)14(11)13(9)10/h5-8H,3-4H2,1-2H3. The minimum Gasteiger partial charge on any atom is -0.465 e. The second-order valence-electron chi connectivity index (χ2n) is 4.78. The van der Waals surface area contributed by atoms with E-state index in [1.54, 1.807) is 12.1 Å². The van der Waals surface area contributed by atoms with E-state index in [4.69, 9.17) is 9.47 Å². The summed E-state index contributed by atoms with van der Waals surface area (Å²) >= 11 is 0. The summed E-state index contributed by atoms with van der Waals surface area (Å²) < 4.78 is 9.64. The van der Waals surface area contributed by atoms with Crippen LogP contribution in [0.15, 0.2) is 24.3 Å². The molecule has 3 rings (SSSR count). The highest BCUT2D eigenvalue weighted by molar-refractivity contribution is 6.15. The van der Waals surface area contributed by atoms with Gasteiger partial charge in [0.2, 0.25) is 0 Å². The van der Waals surface area contributed by atoms with Crippen LogP contribution in [0.2, 0.25) is 0 Å². The largest absolute Gasteiger partial charge is 0.465 e. The second-order valence-corrected chi connectivity index (χ2v) is 4.78. The van der Waals surface area contributed by atoms with Crippen LogP contribution in [0.5, 0.6) is 0 Å². The van der Waals surface area contributed by atoms with E-state index in [1.807, 2.05) is 12.1 Å². The van der Waals surface area contributed by atoms with Crippen molar-refractivity contribution in [3.8, 4) is 0 Å². The van der Waals surface area contributed by atoms with Gasteiger partial charge in [0.15, 0.2) is 0 Å². The van der Waals surface area contributed by atoms with Gasteiger partial charge in [-0.25, -0.2) is 9.59 Å². The van der Waals surface area contributed by atoms with Gasteiger partial charge in [0.05, 0.1) is 25.3 Å². The Morgan fingerprint density at radius 2 is 1.25 bits per heavy atom. The van der Waals surface area contributed by atoms with Gasteiger partial charge in [-0.15, -0.1) is 0 Å². The molecule has 102 valence electrons. The van der Waals surface area contributed by atoms with Crippen LogP contribution in [-0.2, 0) is 22.3 Å². The van der Waals surface area contributed by atoms with E-state index in [2.05, 4.69) is 0 Å². The third-order valence-corrected chi connectivity index (χ3v) is 3.81. The maximum absolute atomic E-state index is 12.0. The molecule has 0 heterocycles. The lowest BCUT2D eigenvalue weighted by Crippen LogP contribution is -2.08. The quantitative estimate of drug-likeness (QED) is 0.787. The van der Waals surface area contributed by atoms with Gasteiger partial charge in [-0.3, -0.25) is 0 Å². The summed E-state index contributed by atoms with van der Waals surface area (Å²) in [5.41, 5.74) is 3.15. The van der Waals surface area contributed by atoms with Gasteiger partial charge in [-0.1, -0.05) is 12.1 Å². The number of methoxy groups -OCH3 is 2. The summed E-state index contributed by atoms with van der Waals surface area (Å²) in [6.45, 7) is 0. The molecule has 20 heavy (non-hydrogen) atoms. The third-order valence-electron chi connectivity index (χ3n) is 3.81. The number of esters is 2. The normalized spacial score (nSPS) is 12.5. The lowest BCUT2D eigenvalue weighted by molar-refractivity contribution is 0.0601. The average Bonchev–Trinajstić information content (AvgIpc) is 2.91. The highest BCUT2D eigenvalue weighted by Gasteiger charge is 2.24. The van der Waals surface area contributed by atoms with E-state index >= 15 is 0 Å². The van der Waals surface area contributed by atoms with Crippen molar-refractivity contribution in [2.24, 2.45) is 0 Å². The highest BCUT2D eigenvalue weighted by atomic mass is 16.5. The lowest BCUT2D eigenvalue weighted by Gasteiger charge is -2.11. The Bertz CT molecular complexity index is 672. The molecule has 0 saturated heterocycles. The molecule has 0 unspecified atom stereocenters. The Morgan fingerprint density at radius 3 is 1.65 bits per heavy atom. The molecule has 2 aromatic rings. The minimum absolute atomic E-state index is 0.412. The van der Waals surface area contributed by atoms with Crippen LogP contribution in [0.3, 0.4) is 0 Å². The van der Waals surface area contributed by atoms with Gasteiger partial charge < -0.3 is 9.47 Å². The molecule has 0 saturated carbocycles. The zero-order chi connectivity index (χ0) is 14.3. The van der Waals surface area contributed by atoms with Crippen LogP contribution in [0.25, 0.3) is 10.8 Å². The first kappa shape index (κ1) is 12.7. The molecular formula is C16H14O4. The summed E-state index contributed by atoms with van der Waals surface area (Å²) in [5.74, 6) is -0.878. The predicted octanol–water partition coefficient (Wildman–Crippen LogP) is 2.51. The molecule has 0 fully saturated rings. The summed E-state index contributed by atoms with van der Waals surface area (Å²) in [6, 6.07) is 7.33. The molecule has 0 spiro atoms. The fraction of sp³-hybridized carbons (Fsp3) is 0.250. The van der Waals surface area contributed by atoms with E-state index in [9.17, 15) is 9.59 Å². The molecule has 4 heteroatoms. The van der Waals surface area contributed by atoms with Crippen molar-refractivity contribution in [1.82, 2.24) is 0 Å². The number of rotatable bonds is 2. The molecule has 0 N–H and O–H groups in total. The van der Waals surface area contributed by atoms with Crippen LogP contribution in [0.4, 0.5) is 0 Å². The molecule has 0 atom stereocenters. The summed E-state index contributed by atoms with van der Waals surface area (Å²) in [7, 11) is 2.67. The van der Waals surface area contributed by atoms with E-state index in [0.717, 1.165) is 29.4 Å². The monoisotopic (exact) mass is 270 g/mol. The number of hydrogen-bond acceptors (Lipinski definition) is 4. The Balaban J connectivity index is 2.42. The Labute approximate surface area is 116 Å². The first-order chi connectivity index (χ1) is 9.67. The van der Waals surface area contributed by atoms with E-state index in [1.165, 1.54) is 14.2 Å². The van der Waals surface area contributed by atoms with Crippen LogP contribution >= 0.6 is 0 Å². The molecule has 0 bridgehead atoms. The summed E-state index contributed by atoms with van der Waals surface area (Å²) in [6.07, 6.45) is 1.86. The Hall–Kier alpha value is -2.36. The number of carbonyl (C=O) groups excluding carboxylic acids is 2. The highest BCUT2D eigenvalue weighted by Crippen LogP contribution is 2.35. The van der Waals surface area contributed by atoms with Gasteiger partial charge in [0.25, 0.3) is 0 Å². The topological polar surface area (TPSA) is 52.6 Å². The Morgan fingerprint density at radius 1 is 0.800 bits per heavy atom. The van der Waals surface area contributed by atoms with Gasteiger partial charge in [0.1, 0.15) is 0 Å². The van der Waals surface area contributed by atoms with Crippen molar-refractivity contribution in [3.63, 3.8) is 0 Å². The molecule has 0 aromatic heterocycles. The lowest BCUT2D eigenvalue weighted by atomic mass is 9.95. The molecule has 0 aliphatic heterocycles. The van der Waals surface area contributed by atoms with Gasteiger partial charge in [-0.05, 0) is 41.5 Å². The van der Waals surface area contributed by atoms with Crippen LogP contribution in [0, 0.1) is 0 Å². The van der Waals surface area contributed by atoms with E-state index in [0.29, 0.717) is 16.5 Å². The molecule has 0 radical (unpaired) electrons. The van der Waals surface area contributed by atoms with Crippen molar-refractivity contribution in [1.29, 1.82) is 0 Å². The number of hydrogen-bond donors (Lipinski definition) is 0. The zero-order valence-electron chi connectivity index (χ0n) is 11.4. The average molecular weight is 270 g/mol. The van der Waals surface area contributed by atoms with E-state index < -0.39 is 11.9 Å². The third kappa shape index (κ3) is 1.68. The maximum Gasteiger partial charge on any atom is 0.338 e. The summed E-state index contributed by atoms with van der Waals surface area (Å²) in [5, 5.41) is 1.65. The molecule has 4 nitrogen and oxygen atoms in total. The first-order valence-electron chi connectivity index (χ1n) is 6.41.